The van der Waals surface area contributed by atoms with Gasteiger partial charge in [0.2, 0.25) is 0 Å². The third-order valence-corrected chi connectivity index (χ3v) is 4.27. The predicted molar refractivity (Wildman–Crippen MR) is 83.3 cm³/mol. The van der Waals surface area contributed by atoms with Crippen molar-refractivity contribution in [3.63, 3.8) is 0 Å². The molecule has 1 N–H and O–H groups in total. The molecule has 0 bridgehead atoms. The monoisotopic (exact) mass is 275 g/mol. The second-order valence-corrected chi connectivity index (χ2v) is 5.45. The molecule has 0 spiro atoms. The first-order valence-electron chi connectivity index (χ1n) is 6.78. The minimum atomic E-state index is 0.366. The number of rotatable bonds is 6. The van der Waals surface area contributed by atoms with Gasteiger partial charge in [-0.2, -0.15) is 0 Å². The van der Waals surface area contributed by atoms with Crippen LogP contribution in [-0.2, 0) is 0 Å². The van der Waals surface area contributed by atoms with E-state index in [0.717, 1.165) is 18.2 Å². The number of benzene rings is 1. The maximum atomic E-state index is 4.57. The van der Waals surface area contributed by atoms with Gasteiger partial charge in [0.25, 0.3) is 0 Å². The molecule has 1 aromatic carbocycles. The van der Waals surface area contributed by atoms with Gasteiger partial charge in [-0.15, -0.1) is 0 Å². The zero-order valence-corrected chi connectivity index (χ0v) is 12.6. The van der Waals surface area contributed by atoms with Gasteiger partial charge in [-0.05, 0) is 32.5 Å². The second kappa shape index (κ2) is 6.68. The number of thiazole rings is 1. The van der Waals surface area contributed by atoms with Gasteiger partial charge in [-0.1, -0.05) is 36.5 Å². The lowest BCUT2D eigenvalue weighted by Crippen LogP contribution is -2.16. The molecule has 3 nitrogen and oxygen atoms in total. The van der Waals surface area contributed by atoms with Crippen LogP contribution in [0.1, 0.15) is 31.7 Å². The highest BCUT2D eigenvalue weighted by Gasteiger charge is 2.14. The Morgan fingerprint density at radius 3 is 2.63 bits per heavy atom. The topological polar surface area (TPSA) is 28.2 Å². The third-order valence-electron chi connectivity index (χ3n) is 3.06. The summed E-state index contributed by atoms with van der Waals surface area (Å²) in [6, 6.07) is 10.8. The maximum Gasteiger partial charge on any atom is 0.190 e. The van der Waals surface area contributed by atoms with Gasteiger partial charge in [-0.3, -0.25) is 0 Å². The van der Waals surface area contributed by atoms with Crippen LogP contribution in [-0.4, -0.2) is 18.1 Å². The summed E-state index contributed by atoms with van der Waals surface area (Å²) in [5.74, 6) is 0. The number of para-hydroxylation sites is 1. The molecule has 2 rings (SSSR count). The molecule has 1 unspecified atom stereocenters. The third kappa shape index (κ3) is 3.33. The first kappa shape index (κ1) is 14.0. The van der Waals surface area contributed by atoms with Crippen molar-refractivity contribution in [3.05, 3.63) is 41.4 Å². The lowest BCUT2D eigenvalue weighted by molar-refractivity contribution is 0.606. The quantitative estimate of drug-likeness (QED) is 0.864. The molecule has 102 valence electrons. The van der Waals surface area contributed by atoms with Crippen LogP contribution in [0.4, 0.5) is 10.8 Å². The van der Waals surface area contributed by atoms with E-state index in [9.17, 15) is 0 Å². The summed E-state index contributed by atoms with van der Waals surface area (Å²) in [5, 5.41) is 4.49. The average molecular weight is 275 g/mol. The van der Waals surface area contributed by atoms with Gasteiger partial charge in [0.05, 0.1) is 0 Å². The first-order chi connectivity index (χ1) is 9.26. The summed E-state index contributed by atoms with van der Waals surface area (Å²) < 4.78 is 0. The molecular weight excluding hydrogens is 254 g/mol. The van der Waals surface area contributed by atoms with Crippen LogP contribution in [0.3, 0.4) is 0 Å². The van der Waals surface area contributed by atoms with Crippen molar-refractivity contribution in [1.82, 2.24) is 10.3 Å². The molecule has 0 amide bonds. The van der Waals surface area contributed by atoms with E-state index in [1.54, 1.807) is 11.3 Å². The van der Waals surface area contributed by atoms with Crippen LogP contribution >= 0.6 is 11.3 Å². The average Bonchev–Trinajstić information content (AvgIpc) is 2.91. The Bertz CT molecular complexity index is 495. The smallest absolute Gasteiger partial charge is 0.190 e. The highest BCUT2D eigenvalue weighted by atomic mass is 32.1. The molecule has 0 aliphatic rings. The summed E-state index contributed by atoms with van der Waals surface area (Å²) in [4.78, 5) is 8.10. The van der Waals surface area contributed by atoms with Crippen molar-refractivity contribution in [3.8, 4) is 0 Å². The molecule has 19 heavy (non-hydrogen) atoms. The van der Waals surface area contributed by atoms with E-state index in [0.29, 0.717) is 6.04 Å². The van der Waals surface area contributed by atoms with Gasteiger partial charge in [0, 0.05) is 29.3 Å². The fourth-order valence-corrected chi connectivity index (χ4v) is 3.07. The van der Waals surface area contributed by atoms with Crippen molar-refractivity contribution < 1.29 is 0 Å². The number of hydrogen-bond acceptors (Lipinski definition) is 4. The van der Waals surface area contributed by atoms with Crippen LogP contribution < -0.4 is 10.2 Å². The van der Waals surface area contributed by atoms with Crippen molar-refractivity contribution in [2.45, 2.75) is 26.8 Å². The van der Waals surface area contributed by atoms with E-state index in [-0.39, 0.29) is 0 Å². The maximum absolute atomic E-state index is 4.57. The summed E-state index contributed by atoms with van der Waals surface area (Å²) in [7, 11) is 0. The van der Waals surface area contributed by atoms with E-state index in [1.807, 2.05) is 12.3 Å². The largest absolute Gasteiger partial charge is 0.318 e. The molecule has 0 radical (unpaired) electrons. The van der Waals surface area contributed by atoms with Crippen molar-refractivity contribution in [1.29, 1.82) is 0 Å². The second-order valence-electron chi connectivity index (χ2n) is 4.40. The van der Waals surface area contributed by atoms with E-state index in [1.165, 1.54) is 10.6 Å². The molecule has 2 aromatic rings. The number of hydrogen-bond donors (Lipinski definition) is 1. The van der Waals surface area contributed by atoms with Crippen LogP contribution in [0.25, 0.3) is 0 Å². The van der Waals surface area contributed by atoms with Crippen LogP contribution in [0, 0.1) is 0 Å². The molecule has 0 saturated carbocycles. The fourth-order valence-electron chi connectivity index (χ4n) is 2.04. The minimum Gasteiger partial charge on any atom is -0.318 e. The number of anilines is 2. The zero-order valence-electron chi connectivity index (χ0n) is 11.8. The van der Waals surface area contributed by atoms with E-state index in [4.69, 9.17) is 0 Å². The van der Waals surface area contributed by atoms with Gasteiger partial charge < -0.3 is 10.2 Å². The van der Waals surface area contributed by atoms with Crippen LogP contribution in [0.15, 0.2) is 36.5 Å². The molecule has 0 aliphatic heterocycles. The lowest BCUT2D eigenvalue weighted by Gasteiger charge is -2.19. The van der Waals surface area contributed by atoms with Gasteiger partial charge >= 0.3 is 0 Å². The molecule has 1 aromatic heterocycles. The van der Waals surface area contributed by atoms with Crippen molar-refractivity contribution in [2.24, 2.45) is 0 Å². The summed E-state index contributed by atoms with van der Waals surface area (Å²) >= 11 is 1.76. The minimum absolute atomic E-state index is 0.366. The molecule has 0 fully saturated rings. The molecule has 4 heteroatoms. The van der Waals surface area contributed by atoms with Crippen LogP contribution in [0.2, 0.25) is 0 Å². The summed E-state index contributed by atoms with van der Waals surface area (Å²) in [5.41, 5.74) is 1.20. The Kier molecular flexibility index (Phi) is 4.93. The Morgan fingerprint density at radius 1 is 1.26 bits per heavy atom. The highest BCUT2D eigenvalue weighted by molar-refractivity contribution is 7.15. The molecule has 1 atom stereocenters. The van der Waals surface area contributed by atoms with Gasteiger partial charge in [-0.25, -0.2) is 4.98 Å². The molecule has 1 heterocycles. The first-order valence-corrected chi connectivity index (χ1v) is 7.59. The molecule has 0 aliphatic carbocycles. The van der Waals surface area contributed by atoms with Gasteiger partial charge in [0.1, 0.15) is 0 Å². The summed E-state index contributed by atoms with van der Waals surface area (Å²) in [6.07, 6.45) is 1.99. The Morgan fingerprint density at radius 2 is 2.00 bits per heavy atom. The number of nitrogens with one attached hydrogen (secondary N) is 1. The normalized spacial score (nSPS) is 12.4. The van der Waals surface area contributed by atoms with Crippen molar-refractivity contribution >= 4 is 22.2 Å². The van der Waals surface area contributed by atoms with E-state index in [2.05, 4.69) is 60.2 Å². The zero-order chi connectivity index (χ0) is 13.7. The fraction of sp³-hybridized carbons (Fsp3) is 0.400. The SMILES string of the molecule is CCNC(C)c1cnc(N(CC)c2ccccc2)s1. The van der Waals surface area contributed by atoms with Crippen molar-refractivity contribution in [2.75, 3.05) is 18.0 Å². The lowest BCUT2D eigenvalue weighted by atomic mass is 10.3. The number of nitrogens with zero attached hydrogens (tertiary/aromatic N) is 2. The summed E-state index contributed by atoms with van der Waals surface area (Å²) in [6.45, 7) is 8.36. The highest BCUT2D eigenvalue weighted by Crippen LogP contribution is 2.31. The Balaban J connectivity index is 2.21. The van der Waals surface area contributed by atoms with Gasteiger partial charge in [0.15, 0.2) is 5.13 Å². The van der Waals surface area contributed by atoms with Crippen LogP contribution in [0.5, 0.6) is 0 Å². The molecular formula is C15H21N3S. The molecule has 0 saturated heterocycles. The Hall–Kier alpha value is -1.39. The standard InChI is InChI=1S/C15H21N3S/c1-4-16-12(3)14-11-17-15(19-14)18(5-2)13-9-7-6-8-10-13/h6-12,16H,4-5H2,1-3H3. The van der Waals surface area contributed by atoms with E-state index < -0.39 is 0 Å². The predicted octanol–water partition coefficient (Wildman–Crippen LogP) is 3.97. The Labute approximate surface area is 119 Å². The number of aromatic nitrogens is 1. The van der Waals surface area contributed by atoms with E-state index >= 15 is 0 Å².